The molecule has 0 aliphatic heterocycles. The Bertz CT molecular complexity index is 459. The van der Waals surface area contributed by atoms with Crippen molar-refractivity contribution >= 4 is 11.8 Å². The third-order valence-corrected chi connectivity index (χ3v) is 5.79. The van der Waals surface area contributed by atoms with Gasteiger partial charge in [0.2, 0.25) is 11.8 Å². The summed E-state index contributed by atoms with van der Waals surface area (Å²) in [7, 11) is 0. The van der Waals surface area contributed by atoms with Gasteiger partial charge in [-0.15, -0.1) is 0 Å². The molecule has 2 amide bonds. The summed E-state index contributed by atoms with van der Waals surface area (Å²) in [4.78, 5) is 24.0. The molecule has 2 aliphatic rings. The highest BCUT2D eigenvalue weighted by atomic mass is 16.2. The van der Waals surface area contributed by atoms with Crippen LogP contribution < -0.4 is 10.6 Å². The molecule has 0 aromatic carbocycles. The van der Waals surface area contributed by atoms with Crippen LogP contribution >= 0.6 is 0 Å². The highest BCUT2D eigenvalue weighted by Gasteiger charge is 2.28. The molecular weight excluding hydrogens is 300 g/mol. The van der Waals surface area contributed by atoms with Crippen LogP contribution in [0.25, 0.3) is 0 Å². The lowest BCUT2D eigenvalue weighted by Crippen LogP contribution is -2.43. The van der Waals surface area contributed by atoms with Crippen LogP contribution in [-0.4, -0.2) is 24.4 Å². The number of hydrogen-bond acceptors (Lipinski definition) is 2. The molecule has 1 fully saturated rings. The molecule has 2 aliphatic carbocycles. The van der Waals surface area contributed by atoms with Gasteiger partial charge in [-0.2, -0.15) is 0 Å². The zero-order chi connectivity index (χ0) is 17.4. The molecule has 2 N–H and O–H groups in total. The Morgan fingerprint density at radius 2 is 1.88 bits per heavy atom. The zero-order valence-corrected chi connectivity index (χ0v) is 15.4. The van der Waals surface area contributed by atoms with Gasteiger partial charge in [0, 0.05) is 25.4 Å². The van der Waals surface area contributed by atoms with E-state index >= 15 is 0 Å². The van der Waals surface area contributed by atoms with Gasteiger partial charge >= 0.3 is 0 Å². The second-order valence-electron chi connectivity index (χ2n) is 7.65. The van der Waals surface area contributed by atoms with E-state index in [1.54, 1.807) is 0 Å². The minimum atomic E-state index is -0.00776. The third kappa shape index (κ3) is 6.29. The van der Waals surface area contributed by atoms with Gasteiger partial charge in [0.25, 0.3) is 0 Å². The quantitative estimate of drug-likeness (QED) is 0.697. The molecule has 0 unspecified atom stereocenters. The Hall–Kier alpha value is -1.32. The van der Waals surface area contributed by atoms with Gasteiger partial charge < -0.3 is 10.6 Å². The van der Waals surface area contributed by atoms with E-state index in [4.69, 9.17) is 0 Å². The van der Waals surface area contributed by atoms with Crippen LogP contribution in [0.1, 0.15) is 78.1 Å². The van der Waals surface area contributed by atoms with E-state index in [0.717, 1.165) is 12.8 Å². The van der Waals surface area contributed by atoms with E-state index in [2.05, 4.69) is 30.6 Å². The summed E-state index contributed by atoms with van der Waals surface area (Å²) in [5.41, 5.74) is 1.47. The highest BCUT2D eigenvalue weighted by Crippen LogP contribution is 2.29. The molecule has 4 heteroatoms. The van der Waals surface area contributed by atoms with Crippen LogP contribution in [0, 0.1) is 11.8 Å². The molecule has 136 valence electrons. The van der Waals surface area contributed by atoms with E-state index in [0.29, 0.717) is 31.2 Å². The first kappa shape index (κ1) is 19.0. The van der Waals surface area contributed by atoms with Crippen LogP contribution in [0.5, 0.6) is 0 Å². The van der Waals surface area contributed by atoms with Crippen LogP contribution in [0.2, 0.25) is 0 Å². The minimum absolute atomic E-state index is 0.00776. The van der Waals surface area contributed by atoms with E-state index < -0.39 is 0 Å². The van der Waals surface area contributed by atoms with Gasteiger partial charge in [-0.05, 0) is 50.4 Å². The standard InChI is InChI=1S/C20H34N2O2/c1-15-7-6-10-18(16(15)2)22-20(24)12-11-19(23)21-14-13-17-8-4-3-5-9-17/h8,15-16,18H,3-7,9-14H2,1-2H3,(H,21,23)(H,22,24)/t15-,16+,18-/m0/s1. The Morgan fingerprint density at radius 1 is 1.08 bits per heavy atom. The molecule has 3 atom stereocenters. The van der Waals surface area contributed by atoms with Gasteiger partial charge in [0.05, 0.1) is 0 Å². The van der Waals surface area contributed by atoms with E-state index in [9.17, 15) is 9.59 Å². The molecule has 0 heterocycles. The zero-order valence-electron chi connectivity index (χ0n) is 15.4. The smallest absolute Gasteiger partial charge is 0.220 e. The van der Waals surface area contributed by atoms with E-state index in [-0.39, 0.29) is 17.9 Å². The number of hydrogen-bond donors (Lipinski definition) is 2. The van der Waals surface area contributed by atoms with Crippen LogP contribution in [0.3, 0.4) is 0 Å². The molecular formula is C20H34N2O2. The number of carbonyl (C=O) groups excluding carboxylic acids is 2. The number of amides is 2. The number of carbonyl (C=O) groups is 2. The van der Waals surface area contributed by atoms with Gasteiger partial charge in [-0.1, -0.05) is 38.3 Å². The summed E-state index contributed by atoms with van der Waals surface area (Å²) in [6.07, 6.45) is 12.3. The molecule has 0 aromatic heterocycles. The molecule has 24 heavy (non-hydrogen) atoms. The molecule has 0 spiro atoms. The van der Waals surface area contributed by atoms with Crippen molar-refractivity contribution in [3.05, 3.63) is 11.6 Å². The van der Waals surface area contributed by atoms with Crippen molar-refractivity contribution in [2.24, 2.45) is 11.8 Å². The fourth-order valence-electron chi connectivity index (χ4n) is 3.87. The third-order valence-electron chi connectivity index (χ3n) is 5.79. The Morgan fingerprint density at radius 3 is 2.62 bits per heavy atom. The topological polar surface area (TPSA) is 58.2 Å². The fourth-order valence-corrected chi connectivity index (χ4v) is 3.87. The molecule has 0 aromatic rings. The molecule has 0 saturated heterocycles. The van der Waals surface area contributed by atoms with Crippen molar-refractivity contribution in [2.75, 3.05) is 6.54 Å². The lowest BCUT2D eigenvalue weighted by Gasteiger charge is -2.34. The first-order valence-electron chi connectivity index (χ1n) is 9.80. The van der Waals surface area contributed by atoms with Crippen molar-refractivity contribution in [2.45, 2.75) is 84.1 Å². The maximum atomic E-state index is 12.1. The summed E-state index contributed by atoms with van der Waals surface area (Å²) in [5, 5.41) is 6.08. The molecule has 4 nitrogen and oxygen atoms in total. The maximum absolute atomic E-state index is 12.1. The summed E-state index contributed by atoms with van der Waals surface area (Å²) in [6, 6.07) is 0.280. The number of nitrogens with one attached hydrogen (secondary N) is 2. The average Bonchev–Trinajstić information content (AvgIpc) is 2.58. The first-order valence-corrected chi connectivity index (χ1v) is 9.80. The fraction of sp³-hybridized carbons (Fsp3) is 0.800. The van der Waals surface area contributed by atoms with Crippen LogP contribution in [0.4, 0.5) is 0 Å². The van der Waals surface area contributed by atoms with Crippen molar-refractivity contribution in [3.63, 3.8) is 0 Å². The van der Waals surface area contributed by atoms with Crippen molar-refractivity contribution in [3.8, 4) is 0 Å². The molecule has 0 bridgehead atoms. The second kappa shape index (κ2) is 9.85. The minimum Gasteiger partial charge on any atom is -0.356 e. The predicted molar refractivity (Wildman–Crippen MR) is 97.5 cm³/mol. The Kier molecular flexibility index (Phi) is 7.80. The Labute approximate surface area is 146 Å². The normalized spacial score (nSPS) is 27.2. The van der Waals surface area contributed by atoms with Crippen LogP contribution in [-0.2, 0) is 9.59 Å². The van der Waals surface area contributed by atoms with Crippen molar-refractivity contribution in [1.29, 1.82) is 0 Å². The number of allylic oxidation sites excluding steroid dienone is 1. The van der Waals surface area contributed by atoms with Crippen molar-refractivity contribution in [1.82, 2.24) is 10.6 Å². The van der Waals surface area contributed by atoms with Gasteiger partial charge in [0.15, 0.2) is 0 Å². The summed E-state index contributed by atoms with van der Waals surface area (Å²) in [5.74, 6) is 1.21. The summed E-state index contributed by atoms with van der Waals surface area (Å²) < 4.78 is 0. The predicted octanol–water partition coefficient (Wildman–Crippen LogP) is 3.71. The van der Waals surface area contributed by atoms with Crippen LogP contribution in [0.15, 0.2) is 11.6 Å². The van der Waals surface area contributed by atoms with Gasteiger partial charge in [-0.25, -0.2) is 0 Å². The second-order valence-corrected chi connectivity index (χ2v) is 7.65. The average molecular weight is 335 g/mol. The Balaban J connectivity index is 1.59. The van der Waals surface area contributed by atoms with Crippen molar-refractivity contribution < 1.29 is 9.59 Å². The first-order chi connectivity index (χ1) is 11.6. The monoisotopic (exact) mass is 334 g/mol. The van der Waals surface area contributed by atoms with E-state index in [1.807, 2.05) is 0 Å². The maximum Gasteiger partial charge on any atom is 0.220 e. The lowest BCUT2D eigenvalue weighted by atomic mass is 9.78. The number of rotatable bonds is 7. The lowest BCUT2D eigenvalue weighted by molar-refractivity contribution is -0.127. The van der Waals surface area contributed by atoms with E-state index in [1.165, 1.54) is 44.1 Å². The summed E-state index contributed by atoms with van der Waals surface area (Å²) in [6.45, 7) is 5.18. The van der Waals surface area contributed by atoms with Gasteiger partial charge in [0.1, 0.15) is 0 Å². The molecule has 0 radical (unpaired) electrons. The molecule has 1 saturated carbocycles. The largest absolute Gasteiger partial charge is 0.356 e. The van der Waals surface area contributed by atoms with Gasteiger partial charge in [-0.3, -0.25) is 9.59 Å². The highest BCUT2D eigenvalue weighted by molar-refractivity contribution is 5.83. The summed E-state index contributed by atoms with van der Waals surface area (Å²) >= 11 is 0. The SMILES string of the molecule is C[C@H]1[C@@H](NC(=O)CCC(=O)NCCC2=CCCCC2)CCC[C@@H]1C. The molecule has 2 rings (SSSR count).